The Hall–Kier alpha value is -1.64. The lowest BCUT2D eigenvalue weighted by Crippen LogP contribution is -2.20. The third kappa shape index (κ3) is 3.70. The van der Waals surface area contributed by atoms with Crippen LogP contribution in [-0.4, -0.2) is 11.6 Å². The molecule has 0 radical (unpaired) electrons. The summed E-state index contributed by atoms with van der Waals surface area (Å²) in [6.45, 7) is 8.02. The third-order valence-electron chi connectivity index (χ3n) is 2.76. The average Bonchev–Trinajstić information content (AvgIpc) is 2.30. The van der Waals surface area contributed by atoms with Gasteiger partial charge in [0.15, 0.2) is 0 Å². The monoisotopic (exact) mass is 232 g/mol. The Balaban J connectivity index is 2.80. The Morgan fingerprint density at radius 2 is 1.88 bits per heavy atom. The molecule has 0 aliphatic rings. The Morgan fingerprint density at radius 1 is 1.24 bits per heavy atom. The second kappa shape index (κ2) is 6.18. The summed E-state index contributed by atoms with van der Waals surface area (Å²) in [6, 6.07) is 5.78. The zero-order valence-electron chi connectivity index (χ0n) is 11.0. The lowest BCUT2D eigenvalue weighted by molar-refractivity contribution is 0.0954. The molecule has 3 heteroatoms. The fourth-order valence-corrected chi connectivity index (χ4v) is 1.67. The van der Waals surface area contributed by atoms with E-state index in [2.05, 4.69) is 10.5 Å². The molecule has 0 unspecified atom stereocenters. The van der Waals surface area contributed by atoms with Crippen LogP contribution in [0.15, 0.2) is 23.3 Å². The van der Waals surface area contributed by atoms with E-state index in [1.165, 1.54) is 0 Å². The minimum absolute atomic E-state index is 0.137. The summed E-state index contributed by atoms with van der Waals surface area (Å²) in [5, 5.41) is 4.12. The van der Waals surface area contributed by atoms with Crippen LogP contribution in [0.2, 0.25) is 0 Å². The van der Waals surface area contributed by atoms with Crippen LogP contribution in [0.25, 0.3) is 0 Å². The van der Waals surface area contributed by atoms with Crippen LogP contribution in [-0.2, 0) is 0 Å². The largest absolute Gasteiger partial charge is 0.271 e. The molecule has 0 fully saturated rings. The van der Waals surface area contributed by atoms with Crippen molar-refractivity contribution in [2.24, 2.45) is 5.10 Å². The summed E-state index contributed by atoms with van der Waals surface area (Å²) in [5.74, 6) is -0.137. The number of nitrogens with one attached hydrogen (secondary N) is 1. The molecular weight excluding hydrogens is 212 g/mol. The van der Waals surface area contributed by atoms with Crippen molar-refractivity contribution >= 4 is 11.6 Å². The van der Waals surface area contributed by atoms with E-state index in [0.29, 0.717) is 5.56 Å². The highest BCUT2D eigenvalue weighted by Gasteiger charge is 2.07. The van der Waals surface area contributed by atoms with Crippen molar-refractivity contribution in [2.75, 3.05) is 0 Å². The topological polar surface area (TPSA) is 41.5 Å². The van der Waals surface area contributed by atoms with Crippen LogP contribution < -0.4 is 5.43 Å². The van der Waals surface area contributed by atoms with Crippen molar-refractivity contribution in [3.05, 3.63) is 34.9 Å². The highest BCUT2D eigenvalue weighted by molar-refractivity contribution is 5.96. The molecule has 17 heavy (non-hydrogen) atoms. The molecule has 0 heterocycles. The Labute approximate surface area is 103 Å². The molecule has 0 bridgehead atoms. The van der Waals surface area contributed by atoms with Gasteiger partial charge in [0.1, 0.15) is 0 Å². The van der Waals surface area contributed by atoms with Crippen LogP contribution in [0.4, 0.5) is 0 Å². The molecule has 1 amide bonds. The normalized spacial score (nSPS) is 9.88. The fourth-order valence-electron chi connectivity index (χ4n) is 1.67. The predicted molar refractivity (Wildman–Crippen MR) is 71.4 cm³/mol. The number of benzene rings is 1. The van der Waals surface area contributed by atoms with Gasteiger partial charge in [0, 0.05) is 11.3 Å². The molecule has 0 aromatic heterocycles. The van der Waals surface area contributed by atoms with Crippen molar-refractivity contribution in [1.82, 2.24) is 5.43 Å². The molecule has 0 aliphatic heterocycles. The first kappa shape index (κ1) is 13.4. The quantitative estimate of drug-likeness (QED) is 0.628. The summed E-state index contributed by atoms with van der Waals surface area (Å²) in [6.07, 6.45) is 1.73. The Bertz CT molecular complexity index is 430. The number of rotatable bonds is 4. The van der Waals surface area contributed by atoms with E-state index in [-0.39, 0.29) is 5.91 Å². The van der Waals surface area contributed by atoms with E-state index in [0.717, 1.165) is 29.7 Å². The zero-order valence-corrected chi connectivity index (χ0v) is 11.0. The molecule has 1 rings (SSSR count). The van der Waals surface area contributed by atoms with Crippen LogP contribution >= 0.6 is 0 Å². The van der Waals surface area contributed by atoms with Gasteiger partial charge in [-0.3, -0.25) is 4.79 Å². The number of carbonyl (C=O) groups is 1. The summed E-state index contributed by atoms with van der Waals surface area (Å²) in [5.41, 5.74) is 6.44. The first-order valence-corrected chi connectivity index (χ1v) is 6.01. The first-order chi connectivity index (χ1) is 8.08. The number of hydrogen-bond acceptors (Lipinski definition) is 2. The van der Waals surface area contributed by atoms with Crippen LogP contribution in [0, 0.1) is 13.8 Å². The molecule has 1 N–H and O–H groups in total. The highest BCUT2D eigenvalue weighted by Crippen LogP contribution is 2.10. The molecule has 3 nitrogen and oxygen atoms in total. The van der Waals surface area contributed by atoms with E-state index >= 15 is 0 Å². The van der Waals surface area contributed by atoms with E-state index in [9.17, 15) is 4.79 Å². The molecule has 0 spiro atoms. The van der Waals surface area contributed by atoms with Crippen molar-refractivity contribution < 1.29 is 4.79 Å². The number of aryl methyl sites for hydroxylation is 2. The number of carbonyl (C=O) groups excluding carboxylic acids is 1. The van der Waals surface area contributed by atoms with Crippen LogP contribution in [0.3, 0.4) is 0 Å². The van der Waals surface area contributed by atoms with Gasteiger partial charge >= 0.3 is 0 Å². The molecule has 1 aromatic carbocycles. The predicted octanol–water partition coefficient (Wildman–Crippen LogP) is 3.21. The third-order valence-corrected chi connectivity index (χ3v) is 2.76. The maximum absolute atomic E-state index is 11.9. The van der Waals surface area contributed by atoms with Gasteiger partial charge < -0.3 is 0 Å². The van der Waals surface area contributed by atoms with Crippen molar-refractivity contribution in [3.63, 3.8) is 0 Å². The molecule has 0 saturated heterocycles. The summed E-state index contributed by atoms with van der Waals surface area (Å²) >= 11 is 0. The lowest BCUT2D eigenvalue weighted by atomic mass is 10.1. The van der Waals surface area contributed by atoms with Gasteiger partial charge in [0.25, 0.3) is 5.91 Å². The zero-order chi connectivity index (χ0) is 12.8. The van der Waals surface area contributed by atoms with Crippen LogP contribution in [0.1, 0.15) is 48.2 Å². The second-order valence-electron chi connectivity index (χ2n) is 4.14. The van der Waals surface area contributed by atoms with Crippen molar-refractivity contribution in [3.8, 4) is 0 Å². The van der Waals surface area contributed by atoms with E-state index in [4.69, 9.17) is 0 Å². The summed E-state index contributed by atoms with van der Waals surface area (Å²) in [4.78, 5) is 11.9. The SMILES string of the molecule is CCC(CC)=NNC(=O)c1ccc(C)cc1C. The minimum atomic E-state index is -0.137. The number of hydrogen-bond donors (Lipinski definition) is 1. The van der Waals surface area contributed by atoms with Gasteiger partial charge in [-0.1, -0.05) is 31.5 Å². The number of nitrogens with zero attached hydrogens (tertiary/aromatic N) is 1. The fraction of sp³-hybridized carbons (Fsp3) is 0.429. The smallest absolute Gasteiger partial charge is 0.267 e. The molecule has 1 aromatic rings. The lowest BCUT2D eigenvalue weighted by Gasteiger charge is -2.06. The molecular formula is C14H20N2O. The van der Waals surface area contributed by atoms with Gasteiger partial charge in [0.05, 0.1) is 0 Å². The van der Waals surface area contributed by atoms with E-state index in [1.807, 2.05) is 45.9 Å². The average molecular weight is 232 g/mol. The van der Waals surface area contributed by atoms with Crippen molar-refractivity contribution in [2.45, 2.75) is 40.5 Å². The maximum atomic E-state index is 11.9. The molecule has 0 aliphatic carbocycles. The summed E-state index contributed by atoms with van der Waals surface area (Å²) in [7, 11) is 0. The number of amides is 1. The van der Waals surface area contributed by atoms with Crippen molar-refractivity contribution in [1.29, 1.82) is 0 Å². The minimum Gasteiger partial charge on any atom is -0.267 e. The van der Waals surface area contributed by atoms with E-state index in [1.54, 1.807) is 0 Å². The molecule has 0 atom stereocenters. The standard InChI is InChI=1S/C14H20N2O/c1-5-12(6-2)15-16-14(17)13-8-7-10(3)9-11(13)4/h7-9H,5-6H2,1-4H3,(H,16,17). The first-order valence-electron chi connectivity index (χ1n) is 6.01. The Kier molecular flexibility index (Phi) is 4.88. The Morgan fingerprint density at radius 3 is 2.41 bits per heavy atom. The maximum Gasteiger partial charge on any atom is 0.271 e. The number of hydrazone groups is 1. The van der Waals surface area contributed by atoms with Gasteiger partial charge in [-0.05, 0) is 38.3 Å². The van der Waals surface area contributed by atoms with E-state index < -0.39 is 0 Å². The highest BCUT2D eigenvalue weighted by atomic mass is 16.2. The molecule has 92 valence electrons. The van der Waals surface area contributed by atoms with Gasteiger partial charge in [-0.25, -0.2) is 5.43 Å². The molecule has 0 saturated carbocycles. The van der Waals surface area contributed by atoms with Crippen LogP contribution in [0.5, 0.6) is 0 Å². The second-order valence-corrected chi connectivity index (χ2v) is 4.14. The summed E-state index contributed by atoms with van der Waals surface area (Å²) < 4.78 is 0. The van der Waals surface area contributed by atoms with Gasteiger partial charge in [-0.15, -0.1) is 0 Å². The van der Waals surface area contributed by atoms with Gasteiger partial charge in [0.2, 0.25) is 0 Å². The van der Waals surface area contributed by atoms with Gasteiger partial charge in [-0.2, -0.15) is 5.10 Å².